The first-order valence-corrected chi connectivity index (χ1v) is 9.90. The van der Waals surface area contributed by atoms with Crippen LogP contribution in [-0.2, 0) is 0 Å². The van der Waals surface area contributed by atoms with Gasteiger partial charge in [-0.1, -0.05) is 97.1 Å². The van der Waals surface area contributed by atoms with Crippen molar-refractivity contribution >= 4 is 28.2 Å². The van der Waals surface area contributed by atoms with Gasteiger partial charge in [0.15, 0.2) is 0 Å². The Kier molecular flexibility index (Phi) is 4.84. The summed E-state index contributed by atoms with van der Waals surface area (Å²) in [5.74, 6) is 0.556. The Hall–Kier alpha value is -4.11. The predicted octanol–water partition coefficient (Wildman–Crippen LogP) is 7.11. The van der Waals surface area contributed by atoms with Crippen LogP contribution in [0.2, 0.25) is 0 Å². The van der Waals surface area contributed by atoms with E-state index in [9.17, 15) is 0 Å². The first-order valence-electron chi connectivity index (χ1n) is 9.90. The first-order chi connectivity index (χ1) is 14.9. The second-order valence-electron chi connectivity index (χ2n) is 7.01. The van der Waals surface area contributed by atoms with E-state index in [-0.39, 0.29) is 0 Å². The van der Waals surface area contributed by atoms with Gasteiger partial charge in [0.25, 0.3) is 0 Å². The van der Waals surface area contributed by atoms with Crippen LogP contribution < -0.4 is 5.32 Å². The molecule has 3 nitrogen and oxygen atoms in total. The molecule has 0 aliphatic rings. The summed E-state index contributed by atoms with van der Waals surface area (Å²) in [6.45, 7) is 0. The number of anilines is 1. The fourth-order valence-corrected chi connectivity index (χ4v) is 3.51. The van der Waals surface area contributed by atoms with E-state index < -0.39 is 0 Å². The van der Waals surface area contributed by atoms with Crippen LogP contribution in [0.3, 0.4) is 0 Å². The number of nitrogens with zero attached hydrogens (tertiary/aromatic N) is 1. The minimum Gasteiger partial charge on any atom is -0.444 e. The van der Waals surface area contributed by atoms with Crippen LogP contribution in [0, 0.1) is 0 Å². The van der Waals surface area contributed by atoms with E-state index in [2.05, 4.69) is 64.9 Å². The Balaban J connectivity index is 1.56. The third-order valence-corrected chi connectivity index (χ3v) is 5.00. The summed E-state index contributed by atoms with van der Waals surface area (Å²) in [6.07, 6.45) is 3.64. The minimum absolute atomic E-state index is 0.556. The van der Waals surface area contributed by atoms with Gasteiger partial charge in [-0.05, 0) is 17.0 Å². The van der Waals surface area contributed by atoms with Gasteiger partial charge < -0.3 is 9.73 Å². The molecule has 1 heterocycles. The molecule has 3 heteroatoms. The summed E-state index contributed by atoms with van der Waals surface area (Å²) in [5.41, 5.74) is 4.87. The highest BCUT2D eigenvalue weighted by atomic mass is 16.3. The third-order valence-electron chi connectivity index (χ3n) is 5.00. The van der Waals surface area contributed by atoms with E-state index in [1.807, 2.05) is 54.6 Å². The zero-order chi connectivity index (χ0) is 20.2. The van der Waals surface area contributed by atoms with Crippen LogP contribution in [0.5, 0.6) is 0 Å². The molecule has 0 atom stereocenters. The third kappa shape index (κ3) is 3.74. The largest absolute Gasteiger partial charge is 0.444 e. The molecule has 5 rings (SSSR count). The lowest BCUT2D eigenvalue weighted by Gasteiger charge is -2.13. The normalized spacial score (nSPS) is 11.5. The van der Waals surface area contributed by atoms with E-state index in [0.717, 1.165) is 28.2 Å². The molecule has 4 aromatic carbocycles. The van der Waals surface area contributed by atoms with Crippen LogP contribution in [0.25, 0.3) is 33.8 Å². The Labute approximate surface area is 175 Å². The second kappa shape index (κ2) is 8.10. The Morgan fingerprint density at radius 3 is 2.27 bits per heavy atom. The van der Waals surface area contributed by atoms with Crippen LogP contribution in [-0.4, -0.2) is 4.98 Å². The number of rotatable bonds is 5. The Bertz CT molecular complexity index is 1300. The highest BCUT2D eigenvalue weighted by Gasteiger charge is 2.09. The summed E-state index contributed by atoms with van der Waals surface area (Å²) in [6, 6.07) is 34.9. The Morgan fingerprint density at radius 1 is 0.733 bits per heavy atom. The lowest BCUT2D eigenvalue weighted by molar-refractivity contribution is 0.547. The molecule has 0 unspecified atom stereocenters. The molecular weight excluding hydrogens is 368 g/mol. The van der Waals surface area contributed by atoms with Crippen molar-refractivity contribution in [1.29, 1.82) is 0 Å². The second-order valence-corrected chi connectivity index (χ2v) is 7.01. The number of aromatic nitrogens is 1. The molecule has 0 aliphatic carbocycles. The van der Waals surface area contributed by atoms with E-state index in [1.165, 1.54) is 10.8 Å². The number of benzene rings is 4. The van der Waals surface area contributed by atoms with Crippen molar-refractivity contribution in [1.82, 2.24) is 4.98 Å². The molecule has 5 aromatic rings. The fraction of sp³-hybridized carbons (Fsp3) is 0. The van der Waals surface area contributed by atoms with E-state index in [1.54, 1.807) is 6.26 Å². The lowest BCUT2D eigenvalue weighted by atomic mass is 10.1. The quantitative estimate of drug-likeness (QED) is 0.349. The van der Waals surface area contributed by atoms with Gasteiger partial charge in [-0.3, -0.25) is 0 Å². The molecule has 0 fully saturated rings. The summed E-state index contributed by atoms with van der Waals surface area (Å²) in [7, 11) is 0. The van der Waals surface area contributed by atoms with Crippen molar-refractivity contribution in [3.63, 3.8) is 0 Å². The van der Waals surface area contributed by atoms with Gasteiger partial charge in [0, 0.05) is 22.7 Å². The van der Waals surface area contributed by atoms with Gasteiger partial charge in [-0.2, -0.15) is 0 Å². The molecule has 0 radical (unpaired) electrons. The van der Waals surface area contributed by atoms with Crippen LogP contribution in [0.15, 0.2) is 114 Å². The predicted molar refractivity (Wildman–Crippen MR) is 124 cm³/mol. The number of fused-ring (bicyclic) bond motifs is 1. The van der Waals surface area contributed by atoms with E-state index in [4.69, 9.17) is 4.42 Å². The monoisotopic (exact) mass is 388 g/mol. The number of hydrogen-bond acceptors (Lipinski definition) is 3. The van der Waals surface area contributed by atoms with Gasteiger partial charge >= 0.3 is 0 Å². The molecule has 144 valence electrons. The van der Waals surface area contributed by atoms with Gasteiger partial charge in [0.2, 0.25) is 5.89 Å². The SMILES string of the molecule is C(=C(Nc1cccc2ccccc12)c1ccccc1)c1nc(-c2ccccc2)co1. The number of nitrogens with one attached hydrogen (secondary N) is 1. The summed E-state index contributed by atoms with van der Waals surface area (Å²) >= 11 is 0. The summed E-state index contributed by atoms with van der Waals surface area (Å²) in [5, 5.41) is 5.95. The average molecular weight is 388 g/mol. The van der Waals surface area contributed by atoms with Crippen LogP contribution in [0.4, 0.5) is 5.69 Å². The lowest BCUT2D eigenvalue weighted by Crippen LogP contribution is -1.99. The van der Waals surface area contributed by atoms with Crippen LogP contribution >= 0.6 is 0 Å². The summed E-state index contributed by atoms with van der Waals surface area (Å²) in [4.78, 5) is 4.67. The highest BCUT2D eigenvalue weighted by Crippen LogP contribution is 2.28. The molecule has 0 saturated carbocycles. The maximum absolute atomic E-state index is 5.77. The van der Waals surface area contributed by atoms with E-state index in [0.29, 0.717) is 5.89 Å². The maximum Gasteiger partial charge on any atom is 0.221 e. The van der Waals surface area contributed by atoms with Gasteiger partial charge in [0.1, 0.15) is 12.0 Å². The molecule has 30 heavy (non-hydrogen) atoms. The smallest absolute Gasteiger partial charge is 0.221 e. The van der Waals surface area contributed by atoms with Crippen molar-refractivity contribution in [3.05, 3.63) is 121 Å². The number of hydrogen-bond donors (Lipinski definition) is 1. The van der Waals surface area contributed by atoms with E-state index >= 15 is 0 Å². The zero-order valence-corrected chi connectivity index (χ0v) is 16.3. The Morgan fingerprint density at radius 2 is 1.43 bits per heavy atom. The van der Waals surface area contributed by atoms with Crippen molar-refractivity contribution in [2.24, 2.45) is 0 Å². The zero-order valence-electron chi connectivity index (χ0n) is 16.3. The van der Waals surface area contributed by atoms with Gasteiger partial charge in [0.05, 0.1) is 5.70 Å². The van der Waals surface area contributed by atoms with Crippen molar-refractivity contribution in [3.8, 4) is 11.3 Å². The van der Waals surface area contributed by atoms with Crippen molar-refractivity contribution in [2.75, 3.05) is 5.32 Å². The number of oxazole rings is 1. The van der Waals surface area contributed by atoms with Crippen LogP contribution in [0.1, 0.15) is 11.5 Å². The molecule has 0 bridgehead atoms. The molecule has 1 aromatic heterocycles. The average Bonchev–Trinajstić information content (AvgIpc) is 3.29. The molecule has 0 aliphatic heterocycles. The minimum atomic E-state index is 0.556. The molecule has 0 saturated heterocycles. The first kappa shape index (κ1) is 18.0. The van der Waals surface area contributed by atoms with Crippen molar-refractivity contribution in [2.45, 2.75) is 0 Å². The fourth-order valence-electron chi connectivity index (χ4n) is 3.51. The molecule has 0 spiro atoms. The molecular formula is C27H20N2O. The topological polar surface area (TPSA) is 38.1 Å². The highest BCUT2D eigenvalue weighted by molar-refractivity contribution is 5.99. The summed E-state index contributed by atoms with van der Waals surface area (Å²) < 4.78 is 5.77. The van der Waals surface area contributed by atoms with Gasteiger partial charge in [-0.15, -0.1) is 0 Å². The van der Waals surface area contributed by atoms with Crippen molar-refractivity contribution < 1.29 is 4.42 Å². The van der Waals surface area contributed by atoms with Gasteiger partial charge in [-0.25, -0.2) is 4.98 Å². The molecule has 1 N–H and O–H groups in total. The maximum atomic E-state index is 5.77. The molecule has 0 amide bonds. The standard InChI is InChI=1S/C27H20N2O/c1-3-11-21(12-4-1)25(28-24-17-9-15-20-10-7-8-16-23(20)24)18-27-29-26(19-30-27)22-13-5-2-6-14-22/h1-19,28H.